The number of nitrogens with zero attached hydrogens (tertiary/aromatic N) is 2. The molecular formula is C25H35IN4O. The van der Waals surface area contributed by atoms with E-state index < -0.39 is 0 Å². The van der Waals surface area contributed by atoms with E-state index in [2.05, 4.69) is 82.0 Å². The minimum Gasteiger partial charge on any atom is -0.381 e. The molecule has 1 saturated heterocycles. The molecule has 0 radical (unpaired) electrons. The molecule has 168 valence electrons. The summed E-state index contributed by atoms with van der Waals surface area (Å²) >= 11 is 0. The fourth-order valence-corrected chi connectivity index (χ4v) is 4.68. The highest BCUT2D eigenvalue weighted by Gasteiger charge is 2.34. The van der Waals surface area contributed by atoms with Crippen LogP contribution in [0.15, 0.2) is 59.6 Å². The maximum Gasteiger partial charge on any atom is 0.194 e. The predicted molar refractivity (Wildman–Crippen MR) is 138 cm³/mol. The highest BCUT2D eigenvalue weighted by atomic mass is 127. The monoisotopic (exact) mass is 534 g/mol. The van der Waals surface area contributed by atoms with Crippen LogP contribution >= 0.6 is 24.0 Å². The fraction of sp³-hybridized carbons (Fsp3) is 0.480. The first-order valence-corrected chi connectivity index (χ1v) is 11.1. The molecule has 4 rings (SSSR count). The van der Waals surface area contributed by atoms with Gasteiger partial charge in [-0.25, -0.2) is 0 Å². The number of aliphatic imine (C=N–C) groups is 1. The van der Waals surface area contributed by atoms with E-state index in [1.54, 1.807) is 0 Å². The smallest absolute Gasteiger partial charge is 0.194 e. The summed E-state index contributed by atoms with van der Waals surface area (Å²) in [6.07, 6.45) is 3.06. The van der Waals surface area contributed by atoms with E-state index in [0.29, 0.717) is 0 Å². The van der Waals surface area contributed by atoms with Crippen molar-refractivity contribution in [3.05, 3.63) is 71.3 Å². The van der Waals surface area contributed by atoms with Crippen molar-refractivity contribution in [2.75, 3.05) is 33.4 Å². The van der Waals surface area contributed by atoms with Gasteiger partial charge < -0.3 is 20.3 Å². The van der Waals surface area contributed by atoms with Crippen molar-refractivity contribution in [1.29, 1.82) is 0 Å². The van der Waals surface area contributed by atoms with Crippen molar-refractivity contribution < 1.29 is 4.74 Å². The van der Waals surface area contributed by atoms with Gasteiger partial charge in [0.25, 0.3) is 0 Å². The van der Waals surface area contributed by atoms with Gasteiger partial charge in [0, 0.05) is 51.5 Å². The van der Waals surface area contributed by atoms with Gasteiger partial charge in [0.05, 0.1) is 0 Å². The Labute approximate surface area is 203 Å². The fourth-order valence-electron chi connectivity index (χ4n) is 4.68. The van der Waals surface area contributed by atoms with Gasteiger partial charge in [0.2, 0.25) is 0 Å². The second-order valence-electron chi connectivity index (χ2n) is 8.51. The molecular weight excluding hydrogens is 499 g/mol. The average molecular weight is 534 g/mol. The second kappa shape index (κ2) is 11.3. The molecule has 0 aliphatic carbocycles. The van der Waals surface area contributed by atoms with Crippen molar-refractivity contribution in [2.24, 2.45) is 4.99 Å². The molecule has 2 aliphatic rings. The second-order valence-corrected chi connectivity index (χ2v) is 8.51. The summed E-state index contributed by atoms with van der Waals surface area (Å²) in [5, 5.41) is 7.63. The van der Waals surface area contributed by atoms with Crippen molar-refractivity contribution >= 4 is 29.9 Å². The molecule has 1 atom stereocenters. The van der Waals surface area contributed by atoms with Crippen LogP contribution in [0.3, 0.4) is 0 Å². The third kappa shape index (κ3) is 5.99. The molecule has 0 spiro atoms. The van der Waals surface area contributed by atoms with Crippen LogP contribution in [0.5, 0.6) is 0 Å². The highest BCUT2D eigenvalue weighted by Crippen LogP contribution is 2.25. The molecule has 2 aromatic rings. The zero-order valence-corrected chi connectivity index (χ0v) is 21.0. The first-order valence-electron chi connectivity index (χ1n) is 11.1. The van der Waals surface area contributed by atoms with Gasteiger partial charge in [0.15, 0.2) is 5.96 Å². The van der Waals surface area contributed by atoms with Crippen LogP contribution in [0.4, 0.5) is 0 Å². The largest absolute Gasteiger partial charge is 0.381 e. The van der Waals surface area contributed by atoms with Crippen LogP contribution < -0.4 is 10.6 Å². The van der Waals surface area contributed by atoms with E-state index in [9.17, 15) is 0 Å². The number of hydrogen-bond acceptors (Lipinski definition) is 3. The Kier molecular flexibility index (Phi) is 8.75. The normalized spacial score (nSPS) is 19.2. The quantitative estimate of drug-likeness (QED) is 0.344. The lowest BCUT2D eigenvalue weighted by Gasteiger charge is -2.42. The maximum absolute atomic E-state index is 5.69. The van der Waals surface area contributed by atoms with Crippen molar-refractivity contribution in [3.8, 4) is 0 Å². The van der Waals surface area contributed by atoms with Gasteiger partial charge in [-0.3, -0.25) is 4.99 Å². The Hall–Kier alpha value is -1.64. The number of nitrogens with one attached hydrogen (secondary N) is 2. The number of ether oxygens (including phenoxy) is 1. The predicted octanol–water partition coefficient (Wildman–Crippen LogP) is 4.14. The molecule has 2 N–H and O–H groups in total. The van der Waals surface area contributed by atoms with Crippen LogP contribution in [0.25, 0.3) is 0 Å². The SMILES string of the molecule is CN=C(NCC1(NC(C)c2ccccc2)CCOCC1)N1CCc2ccccc2C1.I. The van der Waals surface area contributed by atoms with E-state index in [4.69, 9.17) is 4.74 Å². The first-order chi connectivity index (χ1) is 14.7. The molecule has 2 aromatic carbocycles. The molecule has 2 aliphatic heterocycles. The number of hydrogen-bond donors (Lipinski definition) is 2. The number of halogens is 1. The van der Waals surface area contributed by atoms with Gasteiger partial charge in [-0.05, 0) is 42.9 Å². The summed E-state index contributed by atoms with van der Waals surface area (Å²) in [6.45, 7) is 6.61. The minimum absolute atomic E-state index is 0. The Morgan fingerprint density at radius 3 is 2.45 bits per heavy atom. The van der Waals surface area contributed by atoms with Crippen LogP contribution in [0.2, 0.25) is 0 Å². The number of rotatable bonds is 5. The van der Waals surface area contributed by atoms with Crippen molar-refractivity contribution in [1.82, 2.24) is 15.5 Å². The zero-order valence-electron chi connectivity index (χ0n) is 18.6. The van der Waals surface area contributed by atoms with E-state index >= 15 is 0 Å². The summed E-state index contributed by atoms with van der Waals surface area (Å²) in [4.78, 5) is 6.98. The Morgan fingerprint density at radius 2 is 1.74 bits per heavy atom. The van der Waals surface area contributed by atoms with Gasteiger partial charge in [-0.15, -0.1) is 24.0 Å². The third-order valence-electron chi connectivity index (χ3n) is 6.50. The molecule has 5 nitrogen and oxygen atoms in total. The summed E-state index contributed by atoms with van der Waals surface area (Å²) in [7, 11) is 1.89. The topological polar surface area (TPSA) is 48.9 Å². The van der Waals surface area contributed by atoms with Gasteiger partial charge in [-0.2, -0.15) is 0 Å². The number of guanidine groups is 1. The van der Waals surface area contributed by atoms with Crippen LogP contribution in [0, 0.1) is 0 Å². The van der Waals surface area contributed by atoms with E-state index in [-0.39, 0.29) is 35.6 Å². The van der Waals surface area contributed by atoms with E-state index in [0.717, 1.165) is 58.1 Å². The molecule has 0 bridgehead atoms. The summed E-state index contributed by atoms with van der Waals surface area (Å²) in [5.41, 5.74) is 4.18. The molecule has 6 heteroatoms. The molecule has 1 fully saturated rings. The van der Waals surface area contributed by atoms with Crippen molar-refractivity contribution in [2.45, 2.75) is 44.3 Å². The van der Waals surface area contributed by atoms with Crippen LogP contribution in [-0.2, 0) is 17.7 Å². The number of fused-ring (bicyclic) bond motifs is 1. The average Bonchev–Trinajstić information content (AvgIpc) is 2.80. The molecule has 31 heavy (non-hydrogen) atoms. The lowest BCUT2D eigenvalue weighted by Crippen LogP contribution is -2.58. The summed E-state index contributed by atoms with van der Waals surface area (Å²) in [5.74, 6) is 0.990. The molecule has 0 aromatic heterocycles. The summed E-state index contributed by atoms with van der Waals surface area (Å²) < 4.78 is 5.69. The maximum atomic E-state index is 5.69. The van der Waals surface area contributed by atoms with Crippen LogP contribution in [0.1, 0.15) is 42.5 Å². The first kappa shape index (κ1) is 24.0. The molecule has 0 amide bonds. The Bertz CT molecular complexity index is 852. The van der Waals surface area contributed by atoms with Gasteiger partial charge >= 0.3 is 0 Å². The van der Waals surface area contributed by atoms with Crippen LogP contribution in [-0.4, -0.2) is 49.7 Å². The zero-order chi connectivity index (χ0) is 20.8. The molecule has 2 heterocycles. The molecule has 1 unspecified atom stereocenters. The Balaban J connectivity index is 0.00000272. The van der Waals surface area contributed by atoms with E-state index in [1.165, 1.54) is 16.7 Å². The van der Waals surface area contributed by atoms with Gasteiger partial charge in [-0.1, -0.05) is 54.6 Å². The Morgan fingerprint density at radius 1 is 1.06 bits per heavy atom. The minimum atomic E-state index is -0.00284. The number of benzene rings is 2. The van der Waals surface area contributed by atoms with Crippen molar-refractivity contribution in [3.63, 3.8) is 0 Å². The lowest BCUT2D eigenvalue weighted by molar-refractivity contribution is 0.0352. The summed E-state index contributed by atoms with van der Waals surface area (Å²) in [6, 6.07) is 19.7. The standard InChI is InChI=1S/C25H34N4O.HI/c1-20(21-8-4-3-5-9-21)28-25(13-16-30-17-14-25)19-27-24(26-2)29-15-12-22-10-6-7-11-23(22)18-29;/h3-11,20,28H,12-19H2,1-2H3,(H,26,27);1H. The lowest BCUT2D eigenvalue weighted by atomic mass is 9.88. The van der Waals surface area contributed by atoms with E-state index in [1.807, 2.05) is 7.05 Å². The third-order valence-corrected chi connectivity index (χ3v) is 6.50. The molecule has 0 saturated carbocycles. The van der Waals surface area contributed by atoms with Gasteiger partial charge in [0.1, 0.15) is 0 Å². The highest BCUT2D eigenvalue weighted by molar-refractivity contribution is 14.0.